The van der Waals surface area contributed by atoms with Crippen molar-refractivity contribution in [1.82, 2.24) is 25.7 Å². The van der Waals surface area contributed by atoms with Crippen molar-refractivity contribution in [1.29, 1.82) is 0 Å². The Bertz CT molecular complexity index is 1300. The molecular weight excluding hydrogens is 520 g/mol. The highest BCUT2D eigenvalue weighted by molar-refractivity contribution is 7.99. The zero-order valence-corrected chi connectivity index (χ0v) is 23.0. The highest BCUT2D eigenvalue weighted by Crippen LogP contribution is 2.31. The summed E-state index contributed by atoms with van der Waals surface area (Å²) in [6.45, 7) is 4.94. The van der Waals surface area contributed by atoms with Gasteiger partial charge in [0.05, 0.1) is 10.6 Å². The Kier molecular flexibility index (Phi) is 9.14. The van der Waals surface area contributed by atoms with Crippen LogP contribution in [0.2, 0.25) is 0 Å². The van der Waals surface area contributed by atoms with Crippen molar-refractivity contribution in [3.8, 4) is 0 Å². The van der Waals surface area contributed by atoms with Crippen LogP contribution in [0.1, 0.15) is 55.0 Å². The molecule has 3 amide bonds. The lowest BCUT2D eigenvalue weighted by Gasteiger charge is -2.31. The van der Waals surface area contributed by atoms with Crippen molar-refractivity contribution in [2.75, 3.05) is 37.8 Å². The molecule has 2 aromatic heterocycles. The van der Waals surface area contributed by atoms with Gasteiger partial charge in [-0.3, -0.25) is 25.2 Å². The van der Waals surface area contributed by atoms with Crippen molar-refractivity contribution in [3.63, 3.8) is 0 Å². The largest absolute Gasteiger partial charge is 0.378 e. The van der Waals surface area contributed by atoms with E-state index in [1.807, 2.05) is 42.1 Å². The van der Waals surface area contributed by atoms with Crippen LogP contribution in [-0.4, -0.2) is 65.5 Å². The summed E-state index contributed by atoms with van der Waals surface area (Å²) in [7, 11) is 3.84. The number of carbonyl (C=O) groups is 3. The highest BCUT2D eigenvalue weighted by atomic mass is 32.2. The van der Waals surface area contributed by atoms with Crippen LogP contribution in [0, 0.1) is 0 Å². The van der Waals surface area contributed by atoms with E-state index in [2.05, 4.69) is 27.4 Å². The summed E-state index contributed by atoms with van der Waals surface area (Å²) in [5.41, 5.74) is 7.16. The standard InChI is InChI=1S/C27H30N6O3S2/c1-4-16-37-26-21(6-5-13-28-26)27(36)33-14-11-19(12-15-33)25-29-22(17-38-25)24(35)31-30-23(34)18-7-9-20(10-8-18)32(2)3/h4-10,13,17,19H,1,11-12,14-16H2,2-3H3,(H,30,34)(H,31,35). The number of rotatable bonds is 8. The van der Waals surface area contributed by atoms with Gasteiger partial charge in [-0.25, -0.2) is 9.97 Å². The molecule has 1 aromatic carbocycles. The van der Waals surface area contributed by atoms with Crippen molar-refractivity contribution in [2.45, 2.75) is 23.8 Å². The Morgan fingerprint density at radius 2 is 1.84 bits per heavy atom. The third-order valence-electron chi connectivity index (χ3n) is 6.16. The van der Waals surface area contributed by atoms with Crippen LogP contribution in [0.25, 0.3) is 0 Å². The average Bonchev–Trinajstić information content (AvgIpc) is 3.45. The number of hydrogen-bond acceptors (Lipinski definition) is 8. The number of benzene rings is 1. The third kappa shape index (κ3) is 6.59. The summed E-state index contributed by atoms with van der Waals surface area (Å²) in [5, 5.41) is 3.27. The lowest BCUT2D eigenvalue weighted by Crippen LogP contribution is -2.41. The molecule has 0 bridgehead atoms. The predicted molar refractivity (Wildman–Crippen MR) is 151 cm³/mol. The first kappa shape index (κ1) is 27.3. The first-order valence-electron chi connectivity index (χ1n) is 12.2. The van der Waals surface area contributed by atoms with E-state index in [1.165, 1.54) is 23.1 Å². The number of nitrogens with one attached hydrogen (secondary N) is 2. The quantitative estimate of drug-likeness (QED) is 0.248. The average molecular weight is 551 g/mol. The Labute approximate surface area is 230 Å². The molecule has 0 unspecified atom stereocenters. The van der Waals surface area contributed by atoms with Crippen LogP contribution in [0.3, 0.4) is 0 Å². The number of pyridine rings is 1. The van der Waals surface area contributed by atoms with E-state index in [4.69, 9.17) is 0 Å². The number of amides is 3. The van der Waals surface area contributed by atoms with Crippen molar-refractivity contribution >= 4 is 46.5 Å². The second kappa shape index (κ2) is 12.7. The predicted octanol–water partition coefficient (Wildman–Crippen LogP) is 3.98. The number of thioether (sulfide) groups is 1. The number of thiazole rings is 1. The van der Waals surface area contributed by atoms with Gasteiger partial charge in [0.1, 0.15) is 10.7 Å². The lowest BCUT2D eigenvalue weighted by molar-refractivity contribution is 0.0708. The Morgan fingerprint density at radius 1 is 1.13 bits per heavy atom. The maximum Gasteiger partial charge on any atom is 0.289 e. The number of nitrogens with zero attached hydrogens (tertiary/aromatic N) is 4. The summed E-state index contributed by atoms with van der Waals surface area (Å²) in [5.74, 6) is -0.0454. The van der Waals surface area contributed by atoms with Crippen LogP contribution in [0.15, 0.2) is 65.7 Å². The van der Waals surface area contributed by atoms with E-state index in [0.29, 0.717) is 35.0 Å². The minimum Gasteiger partial charge on any atom is -0.378 e. The van der Waals surface area contributed by atoms with Gasteiger partial charge in [-0.2, -0.15) is 0 Å². The topological polar surface area (TPSA) is 108 Å². The fourth-order valence-electron chi connectivity index (χ4n) is 4.05. The third-order valence-corrected chi connectivity index (χ3v) is 8.17. The Balaban J connectivity index is 1.29. The number of aromatic nitrogens is 2. The number of hydrogen-bond donors (Lipinski definition) is 2. The van der Waals surface area contributed by atoms with Crippen LogP contribution in [0.5, 0.6) is 0 Å². The Morgan fingerprint density at radius 3 is 2.53 bits per heavy atom. The maximum atomic E-state index is 13.1. The van der Waals surface area contributed by atoms with E-state index in [-0.39, 0.29) is 17.5 Å². The van der Waals surface area contributed by atoms with E-state index in [9.17, 15) is 14.4 Å². The molecule has 1 aliphatic rings. The minimum absolute atomic E-state index is 0.0191. The SMILES string of the molecule is C=CCSc1ncccc1C(=O)N1CCC(c2nc(C(=O)NNC(=O)c3ccc(N(C)C)cc3)cs2)CC1. The molecule has 3 heterocycles. The van der Waals surface area contributed by atoms with Gasteiger partial charge in [0.15, 0.2) is 0 Å². The number of carbonyl (C=O) groups excluding carboxylic acids is 3. The van der Waals surface area contributed by atoms with Gasteiger partial charge < -0.3 is 9.80 Å². The molecule has 0 aliphatic carbocycles. The van der Waals surface area contributed by atoms with Gasteiger partial charge in [0, 0.05) is 61.7 Å². The summed E-state index contributed by atoms with van der Waals surface area (Å²) in [4.78, 5) is 50.8. The zero-order valence-electron chi connectivity index (χ0n) is 21.3. The number of piperidine rings is 1. The molecule has 11 heteroatoms. The minimum atomic E-state index is -0.473. The summed E-state index contributed by atoms with van der Waals surface area (Å²) >= 11 is 2.92. The summed E-state index contributed by atoms with van der Waals surface area (Å²) in [6, 6.07) is 10.7. The van der Waals surface area contributed by atoms with Crippen molar-refractivity contribution in [2.24, 2.45) is 0 Å². The molecule has 9 nitrogen and oxygen atoms in total. The van der Waals surface area contributed by atoms with Crippen molar-refractivity contribution < 1.29 is 14.4 Å². The van der Waals surface area contributed by atoms with Crippen LogP contribution >= 0.6 is 23.1 Å². The molecule has 4 rings (SSSR count). The Hall–Kier alpha value is -3.70. The molecule has 1 aliphatic heterocycles. The number of anilines is 1. The first-order valence-corrected chi connectivity index (χ1v) is 14.1. The van der Waals surface area contributed by atoms with Gasteiger partial charge >= 0.3 is 0 Å². The zero-order chi connectivity index (χ0) is 27.1. The van der Waals surface area contributed by atoms with Crippen molar-refractivity contribution in [3.05, 3.63) is 82.5 Å². The second-order valence-corrected chi connectivity index (χ2v) is 10.8. The molecule has 2 N–H and O–H groups in total. The number of likely N-dealkylation sites (tertiary alicyclic amines) is 1. The van der Waals surface area contributed by atoms with E-state index >= 15 is 0 Å². The molecule has 0 radical (unpaired) electrons. The van der Waals surface area contributed by atoms with Gasteiger partial charge in [-0.05, 0) is 49.2 Å². The first-order chi connectivity index (χ1) is 18.4. The highest BCUT2D eigenvalue weighted by Gasteiger charge is 2.28. The molecule has 0 saturated carbocycles. The van der Waals surface area contributed by atoms with Gasteiger partial charge in [-0.1, -0.05) is 6.08 Å². The van der Waals surface area contributed by atoms with Gasteiger partial charge in [0.2, 0.25) is 0 Å². The molecular formula is C27H30N6O3S2. The van der Waals surface area contributed by atoms with E-state index in [0.717, 1.165) is 23.5 Å². The molecule has 0 atom stereocenters. The normalized spacial score (nSPS) is 13.6. The number of hydrazine groups is 1. The fourth-order valence-corrected chi connectivity index (χ4v) is 5.74. The van der Waals surface area contributed by atoms with E-state index in [1.54, 1.807) is 35.9 Å². The fraction of sp³-hybridized carbons (Fsp3) is 0.296. The molecule has 38 heavy (non-hydrogen) atoms. The van der Waals surface area contributed by atoms with Gasteiger partial charge in [0.25, 0.3) is 17.7 Å². The maximum absolute atomic E-state index is 13.1. The summed E-state index contributed by atoms with van der Waals surface area (Å²) in [6.07, 6.45) is 5.00. The lowest BCUT2D eigenvalue weighted by atomic mass is 9.97. The second-order valence-electron chi connectivity index (χ2n) is 8.94. The monoisotopic (exact) mass is 550 g/mol. The van der Waals surface area contributed by atoms with Crippen LogP contribution in [-0.2, 0) is 0 Å². The molecule has 1 fully saturated rings. The molecule has 3 aromatic rings. The van der Waals surface area contributed by atoms with Gasteiger partial charge in [-0.15, -0.1) is 29.7 Å². The van der Waals surface area contributed by atoms with E-state index < -0.39 is 11.8 Å². The summed E-state index contributed by atoms with van der Waals surface area (Å²) < 4.78 is 0. The van der Waals surface area contributed by atoms with Crippen LogP contribution < -0.4 is 15.8 Å². The molecule has 0 spiro atoms. The molecule has 1 saturated heterocycles. The van der Waals surface area contributed by atoms with Crippen LogP contribution in [0.4, 0.5) is 5.69 Å². The molecule has 198 valence electrons. The smallest absolute Gasteiger partial charge is 0.289 e.